The zero-order valence-corrected chi connectivity index (χ0v) is 12.0. The van der Waals surface area contributed by atoms with Crippen molar-refractivity contribution < 1.29 is 17.6 Å². The van der Waals surface area contributed by atoms with Crippen LogP contribution in [0.3, 0.4) is 0 Å². The summed E-state index contributed by atoms with van der Waals surface area (Å²) in [6.45, 7) is 1.43. The molecule has 2 N–H and O–H groups in total. The van der Waals surface area contributed by atoms with Gasteiger partial charge in [-0.1, -0.05) is 0 Å². The molecule has 1 aliphatic heterocycles. The van der Waals surface area contributed by atoms with E-state index in [1.165, 1.54) is 6.07 Å². The molecule has 1 heterocycles. The fourth-order valence-electron chi connectivity index (χ4n) is 2.14. The van der Waals surface area contributed by atoms with Crippen molar-refractivity contribution in [1.82, 2.24) is 5.32 Å². The molecule has 1 aromatic carbocycles. The van der Waals surface area contributed by atoms with Crippen molar-refractivity contribution in [3.63, 3.8) is 0 Å². The number of nitrogens with one attached hydrogen (secondary N) is 2. The highest BCUT2D eigenvalue weighted by molar-refractivity contribution is 7.90. The normalized spacial score (nSPS) is 19.6. The van der Waals surface area contributed by atoms with Gasteiger partial charge in [-0.3, -0.25) is 4.79 Å². The summed E-state index contributed by atoms with van der Waals surface area (Å²) < 4.78 is 36.5. The lowest BCUT2D eigenvalue weighted by molar-refractivity contribution is -0.120. The minimum absolute atomic E-state index is 0.0176. The van der Waals surface area contributed by atoms with Crippen LogP contribution in [0.2, 0.25) is 0 Å². The van der Waals surface area contributed by atoms with Crippen LogP contribution in [-0.4, -0.2) is 33.7 Å². The number of anilines is 1. The van der Waals surface area contributed by atoms with E-state index in [0.29, 0.717) is 6.54 Å². The molecule has 1 saturated heterocycles. The fraction of sp³-hybridized carbons (Fsp3) is 0.462. The van der Waals surface area contributed by atoms with Crippen molar-refractivity contribution in [2.24, 2.45) is 5.92 Å². The van der Waals surface area contributed by atoms with E-state index in [2.05, 4.69) is 10.6 Å². The number of amides is 1. The standard InChI is InChI=1S/C13H17FN2O3S/c1-20(18,19)10-4-5-11(14)12(7-10)16-13(17)9-3-2-6-15-8-9/h4-5,7,9,15H,2-3,6,8H2,1H3,(H,16,17)/t9-/m0/s1. The molecule has 0 aromatic heterocycles. The molecule has 0 aliphatic carbocycles. The lowest BCUT2D eigenvalue weighted by Gasteiger charge is -2.22. The second-order valence-electron chi connectivity index (χ2n) is 4.95. The lowest BCUT2D eigenvalue weighted by Crippen LogP contribution is -2.37. The van der Waals surface area contributed by atoms with E-state index in [1.54, 1.807) is 0 Å². The van der Waals surface area contributed by atoms with Crippen LogP contribution in [0.4, 0.5) is 10.1 Å². The number of halogens is 1. The van der Waals surface area contributed by atoms with Crippen LogP contribution in [0.25, 0.3) is 0 Å². The maximum Gasteiger partial charge on any atom is 0.228 e. The third kappa shape index (κ3) is 3.55. The third-order valence-corrected chi connectivity index (χ3v) is 4.40. The molecule has 0 radical (unpaired) electrons. The van der Waals surface area contributed by atoms with Gasteiger partial charge in [0, 0.05) is 12.8 Å². The van der Waals surface area contributed by atoms with Crippen molar-refractivity contribution in [2.75, 3.05) is 24.7 Å². The number of benzene rings is 1. The van der Waals surface area contributed by atoms with Crippen LogP contribution in [0.5, 0.6) is 0 Å². The Morgan fingerprint density at radius 1 is 1.45 bits per heavy atom. The monoisotopic (exact) mass is 300 g/mol. The summed E-state index contributed by atoms with van der Waals surface area (Å²) in [4.78, 5) is 12.0. The zero-order valence-electron chi connectivity index (χ0n) is 11.1. The van der Waals surface area contributed by atoms with Crippen molar-refractivity contribution in [2.45, 2.75) is 17.7 Å². The minimum atomic E-state index is -3.43. The van der Waals surface area contributed by atoms with Crippen LogP contribution >= 0.6 is 0 Å². The largest absolute Gasteiger partial charge is 0.323 e. The molecule has 7 heteroatoms. The molecule has 0 saturated carbocycles. The summed E-state index contributed by atoms with van der Waals surface area (Å²) >= 11 is 0. The van der Waals surface area contributed by atoms with Gasteiger partial charge in [0.1, 0.15) is 5.82 Å². The van der Waals surface area contributed by atoms with Crippen molar-refractivity contribution in [3.8, 4) is 0 Å². The molecule has 1 atom stereocenters. The highest BCUT2D eigenvalue weighted by Gasteiger charge is 2.22. The molecule has 1 amide bonds. The van der Waals surface area contributed by atoms with E-state index < -0.39 is 15.7 Å². The number of hydrogen-bond donors (Lipinski definition) is 2. The van der Waals surface area contributed by atoms with E-state index in [9.17, 15) is 17.6 Å². The number of piperidine rings is 1. The predicted molar refractivity (Wildman–Crippen MR) is 73.7 cm³/mol. The van der Waals surface area contributed by atoms with Gasteiger partial charge in [-0.25, -0.2) is 12.8 Å². The van der Waals surface area contributed by atoms with Gasteiger partial charge in [-0.05, 0) is 37.6 Å². The van der Waals surface area contributed by atoms with E-state index >= 15 is 0 Å². The van der Waals surface area contributed by atoms with E-state index in [1.807, 2.05) is 0 Å². The maximum absolute atomic E-state index is 13.7. The van der Waals surface area contributed by atoms with E-state index in [0.717, 1.165) is 37.8 Å². The molecule has 20 heavy (non-hydrogen) atoms. The van der Waals surface area contributed by atoms with Crippen LogP contribution in [0.15, 0.2) is 23.1 Å². The Morgan fingerprint density at radius 3 is 2.80 bits per heavy atom. The van der Waals surface area contributed by atoms with E-state index in [4.69, 9.17) is 0 Å². The predicted octanol–water partition coefficient (Wildman–Crippen LogP) is 1.17. The number of sulfone groups is 1. The Bertz CT molecular complexity index is 610. The maximum atomic E-state index is 13.7. The van der Waals surface area contributed by atoms with Crippen molar-refractivity contribution in [1.29, 1.82) is 0 Å². The molecule has 5 nitrogen and oxygen atoms in total. The molecule has 2 rings (SSSR count). The third-order valence-electron chi connectivity index (χ3n) is 3.29. The highest BCUT2D eigenvalue weighted by atomic mass is 32.2. The summed E-state index contributed by atoms with van der Waals surface area (Å²) in [5.41, 5.74) is -0.0940. The average molecular weight is 300 g/mol. The first-order chi connectivity index (χ1) is 9.38. The van der Waals surface area contributed by atoms with Crippen LogP contribution in [-0.2, 0) is 14.6 Å². The fourth-order valence-corrected chi connectivity index (χ4v) is 2.79. The van der Waals surface area contributed by atoms with Gasteiger partial charge < -0.3 is 10.6 Å². The Morgan fingerprint density at radius 2 is 2.20 bits per heavy atom. The quantitative estimate of drug-likeness (QED) is 0.822. The second kappa shape index (κ2) is 5.88. The average Bonchev–Trinajstić information content (AvgIpc) is 2.41. The molecule has 0 bridgehead atoms. The molecule has 1 aliphatic rings. The molecule has 110 valence electrons. The first kappa shape index (κ1) is 14.9. The van der Waals surface area contributed by atoms with Gasteiger partial charge in [-0.2, -0.15) is 0 Å². The summed E-state index contributed by atoms with van der Waals surface area (Å²) in [6.07, 6.45) is 2.67. The van der Waals surface area contributed by atoms with Crippen LogP contribution in [0.1, 0.15) is 12.8 Å². The Labute approximate surface area is 117 Å². The lowest BCUT2D eigenvalue weighted by atomic mass is 9.99. The number of rotatable bonds is 3. The molecule has 1 aromatic rings. The van der Waals surface area contributed by atoms with E-state index in [-0.39, 0.29) is 22.4 Å². The second-order valence-corrected chi connectivity index (χ2v) is 6.96. The van der Waals surface area contributed by atoms with Gasteiger partial charge >= 0.3 is 0 Å². The first-order valence-corrected chi connectivity index (χ1v) is 8.28. The van der Waals surface area contributed by atoms with Gasteiger partial charge in [0.25, 0.3) is 0 Å². The van der Waals surface area contributed by atoms with Gasteiger partial charge in [0.15, 0.2) is 9.84 Å². The zero-order chi connectivity index (χ0) is 14.8. The smallest absolute Gasteiger partial charge is 0.228 e. The summed E-state index contributed by atoms with van der Waals surface area (Å²) in [6, 6.07) is 3.38. The summed E-state index contributed by atoms with van der Waals surface area (Å²) in [5, 5.41) is 5.58. The van der Waals surface area contributed by atoms with Gasteiger partial charge in [0.2, 0.25) is 5.91 Å². The molecular weight excluding hydrogens is 283 g/mol. The molecule has 0 unspecified atom stereocenters. The van der Waals surface area contributed by atoms with Crippen molar-refractivity contribution >= 4 is 21.4 Å². The Kier molecular flexibility index (Phi) is 4.39. The van der Waals surface area contributed by atoms with Gasteiger partial charge in [0.05, 0.1) is 16.5 Å². The van der Waals surface area contributed by atoms with Crippen molar-refractivity contribution in [3.05, 3.63) is 24.0 Å². The number of carbonyl (C=O) groups excluding carboxylic acids is 1. The number of hydrogen-bond acceptors (Lipinski definition) is 4. The Hall–Kier alpha value is -1.47. The first-order valence-electron chi connectivity index (χ1n) is 6.39. The highest BCUT2D eigenvalue weighted by Crippen LogP contribution is 2.21. The molecular formula is C13H17FN2O3S. The minimum Gasteiger partial charge on any atom is -0.323 e. The van der Waals surface area contributed by atoms with Crippen LogP contribution < -0.4 is 10.6 Å². The topological polar surface area (TPSA) is 75.3 Å². The molecule has 1 fully saturated rings. The van der Waals surface area contributed by atoms with Crippen LogP contribution in [0, 0.1) is 11.7 Å². The number of carbonyl (C=O) groups is 1. The molecule has 0 spiro atoms. The summed E-state index contributed by atoms with van der Waals surface area (Å²) in [7, 11) is -3.43. The Balaban J connectivity index is 2.18. The SMILES string of the molecule is CS(=O)(=O)c1ccc(F)c(NC(=O)[C@H]2CCCNC2)c1. The van der Waals surface area contributed by atoms with Gasteiger partial charge in [-0.15, -0.1) is 0 Å². The summed E-state index contributed by atoms with van der Waals surface area (Å²) in [5.74, 6) is -1.15.